The first kappa shape index (κ1) is 16.8. The first-order valence-corrected chi connectivity index (χ1v) is 7.60. The van der Waals surface area contributed by atoms with Crippen LogP contribution in [-0.4, -0.2) is 28.7 Å². The maximum absolute atomic E-state index is 13.5. The van der Waals surface area contributed by atoms with Gasteiger partial charge in [-0.25, -0.2) is 21.9 Å². The van der Waals surface area contributed by atoms with Crippen LogP contribution in [0.25, 0.3) is 0 Å². The number of methoxy groups -OCH3 is 1. The lowest BCUT2D eigenvalue weighted by molar-refractivity contribution is 0.192. The Hall–Kier alpha value is -1.25. The highest BCUT2D eigenvalue weighted by molar-refractivity contribution is 7.89. The van der Waals surface area contributed by atoms with Crippen molar-refractivity contribution >= 4 is 15.7 Å². The average Bonchev–Trinajstić information content (AvgIpc) is 2.37. The molecule has 3 N–H and O–H groups in total. The van der Waals surface area contributed by atoms with Crippen molar-refractivity contribution in [1.29, 1.82) is 0 Å². The Labute approximate surface area is 117 Å². The summed E-state index contributed by atoms with van der Waals surface area (Å²) in [5.74, 6) is -2.15. The number of nitrogens with one attached hydrogen (secondary N) is 1. The molecule has 0 aliphatic heterocycles. The van der Waals surface area contributed by atoms with E-state index in [1.807, 2.05) is 0 Å². The quantitative estimate of drug-likeness (QED) is 0.565. The van der Waals surface area contributed by atoms with E-state index < -0.39 is 32.2 Å². The zero-order valence-electron chi connectivity index (χ0n) is 11.2. The maximum atomic E-state index is 13.5. The molecule has 114 valence electrons. The number of ether oxygens (including phenoxy) is 1. The van der Waals surface area contributed by atoms with Crippen molar-refractivity contribution in [3.8, 4) is 0 Å². The first-order valence-electron chi connectivity index (χ1n) is 6.11. The smallest absolute Gasteiger partial charge is 0.243 e. The number of hydrogen-bond acceptors (Lipinski definition) is 4. The van der Waals surface area contributed by atoms with Crippen LogP contribution in [0.15, 0.2) is 17.0 Å². The molecule has 0 spiro atoms. The van der Waals surface area contributed by atoms with Crippen molar-refractivity contribution in [3.05, 3.63) is 23.8 Å². The van der Waals surface area contributed by atoms with Gasteiger partial charge in [0.1, 0.15) is 16.5 Å². The van der Waals surface area contributed by atoms with E-state index in [-0.39, 0.29) is 6.54 Å². The molecule has 5 nitrogen and oxygen atoms in total. The Kier molecular flexibility index (Phi) is 6.31. The summed E-state index contributed by atoms with van der Waals surface area (Å²) in [6.45, 7) is 0.776. The van der Waals surface area contributed by atoms with E-state index in [1.165, 1.54) is 0 Å². The minimum Gasteiger partial charge on any atom is -0.396 e. The molecule has 0 aliphatic rings. The Morgan fingerprint density at radius 2 is 1.90 bits per heavy atom. The average molecular weight is 308 g/mol. The summed E-state index contributed by atoms with van der Waals surface area (Å²) in [5, 5.41) is 0. The van der Waals surface area contributed by atoms with Crippen molar-refractivity contribution in [1.82, 2.24) is 4.72 Å². The normalized spacial score (nSPS) is 11.8. The van der Waals surface area contributed by atoms with Gasteiger partial charge >= 0.3 is 0 Å². The fraction of sp³-hybridized carbons (Fsp3) is 0.500. The Balaban J connectivity index is 2.63. The number of nitrogen functional groups attached to an aromatic ring is 1. The Morgan fingerprint density at radius 3 is 2.55 bits per heavy atom. The van der Waals surface area contributed by atoms with Crippen molar-refractivity contribution in [2.75, 3.05) is 26.0 Å². The fourth-order valence-electron chi connectivity index (χ4n) is 1.58. The van der Waals surface area contributed by atoms with Crippen molar-refractivity contribution < 1.29 is 21.9 Å². The largest absolute Gasteiger partial charge is 0.396 e. The zero-order valence-corrected chi connectivity index (χ0v) is 12.0. The summed E-state index contributed by atoms with van der Waals surface area (Å²) in [6, 6.07) is 1.24. The summed E-state index contributed by atoms with van der Waals surface area (Å²) in [5.41, 5.74) is 4.84. The van der Waals surface area contributed by atoms with Gasteiger partial charge < -0.3 is 10.5 Å². The van der Waals surface area contributed by atoms with Crippen molar-refractivity contribution in [3.63, 3.8) is 0 Å². The van der Waals surface area contributed by atoms with Gasteiger partial charge in [0, 0.05) is 26.3 Å². The van der Waals surface area contributed by atoms with Crippen LogP contribution in [0, 0.1) is 11.6 Å². The minimum atomic E-state index is -4.03. The van der Waals surface area contributed by atoms with Crippen LogP contribution in [0.4, 0.5) is 14.5 Å². The molecule has 0 radical (unpaired) electrons. The molecule has 20 heavy (non-hydrogen) atoms. The molecular formula is C12H18F2N2O3S. The number of benzene rings is 1. The van der Waals surface area contributed by atoms with Crippen LogP contribution in [0.3, 0.4) is 0 Å². The molecule has 0 fully saturated rings. The van der Waals surface area contributed by atoms with E-state index in [0.717, 1.165) is 18.9 Å². The topological polar surface area (TPSA) is 81.4 Å². The lowest BCUT2D eigenvalue weighted by Crippen LogP contribution is -2.26. The Bertz CT molecular complexity index is 550. The van der Waals surface area contributed by atoms with Crippen molar-refractivity contribution in [2.45, 2.75) is 24.2 Å². The van der Waals surface area contributed by atoms with E-state index in [1.54, 1.807) is 7.11 Å². The molecule has 0 aliphatic carbocycles. The van der Waals surface area contributed by atoms with Gasteiger partial charge in [0.15, 0.2) is 0 Å². The van der Waals surface area contributed by atoms with Gasteiger partial charge in [-0.1, -0.05) is 0 Å². The molecule has 1 aromatic carbocycles. The third kappa shape index (κ3) is 4.69. The van der Waals surface area contributed by atoms with Gasteiger partial charge in [-0.15, -0.1) is 0 Å². The van der Waals surface area contributed by atoms with Crippen LogP contribution in [0.5, 0.6) is 0 Å². The minimum absolute atomic E-state index is 0.169. The molecule has 8 heteroatoms. The van der Waals surface area contributed by atoms with Gasteiger partial charge in [-0.2, -0.15) is 0 Å². The van der Waals surface area contributed by atoms with E-state index in [2.05, 4.69) is 4.72 Å². The SMILES string of the molecule is COCCCCCNS(=O)(=O)c1cc(N)c(F)cc1F. The molecule has 0 heterocycles. The van der Waals surface area contributed by atoms with Gasteiger partial charge in [0.2, 0.25) is 10.0 Å². The summed E-state index contributed by atoms with van der Waals surface area (Å²) in [4.78, 5) is -0.645. The van der Waals surface area contributed by atoms with E-state index in [9.17, 15) is 17.2 Å². The van der Waals surface area contributed by atoms with Crippen LogP contribution in [-0.2, 0) is 14.8 Å². The molecular weight excluding hydrogens is 290 g/mol. The first-order chi connectivity index (χ1) is 9.38. The van der Waals surface area contributed by atoms with Crippen LogP contribution in [0.1, 0.15) is 19.3 Å². The molecule has 1 aromatic rings. The number of anilines is 1. The fourth-order valence-corrected chi connectivity index (χ4v) is 2.75. The zero-order chi connectivity index (χ0) is 15.2. The molecule has 1 rings (SSSR count). The standard InChI is InChI=1S/C12H18F2N2O3S/c1-19-6-4-2-3-5-16-20(17,18)12-8-11(15)9(13)7-10(12)14/h7-8,16H,2-6,15H2,1H3. The van der Waals surface area contributed by atoms with Crippen LogP contribution >= 0.6 is 0 Å². The molecule has 0 bridgehead atoms. The van der Waals surface area contributed by atoms with Gasteiger partial charge in [-0.3, -0.25) is 0 Å². The number of hydrogen-bond donors (Lipinski definition) is 2. The number of nitrogens with two attached hydrogens (primary N) is 1. The number of unbranched alkanes of at least 4 members (excludes halogenated alkanes) is 2. The predicted octanol–water partition coefficient (Wildman–Crippen LogP) is 1.64. The second kappa shape index (κ2) is 7.51. The second-order valence-electron chi connectivity index (χ2n) is 4.26. The molecule has 0 aromatic heterocycles. The monoisotopic (exact) mass is 308 g/mol. The lowest BCUT2D eigenvalue weighted by Gasteiger charge is -2.09. The lowest BCUT2D eigenvalue weighted by atomic mass is 10.2. The van der Waals surface area contributed by atoms with Crippen LogP contribution in [0.2, 0.25) is 0 Å². The predicted molar refractivity (Wildman–Crippen MR) is 71.7 cm³/mol. The summed E-state index contributed by atoms with van der Waals surface area (Å²) in [6.07, 6.45) is 2.20. The van der Waals surface area contributed by atoms with E-state index >= 15 is 0 Å². The highest BCUT2D eigenvalue weighted by Gasteiger charge is 2.20. The van der Waals surface area contributed by atoms with Gasteiger partial charge in [0.25, 0.3) is 0 Å². The maximum Gasteiger partial charge on any atom is 0.243 e. The molecule has 0 unspecified atom stereocenters. The van der Waals surface area contributed by atoms with Crippen LogP contribution < -0.4 is 10.5 Å². The van der Waals surface area contributed by atoms with E-state index in [0.29, 0.717) is 19.1 Å². The van der Waals surface area contributed by atoms with Crippen molar-refractivity contribution in [2.24, 2.45) is 0 Å². The third-order valence-electron chi connectivity index (χ3n) is 2.66. The van der Waals surface area contributed by atoms with Gasteiger partial charge in [0.05, 0.1) is 5.69 Å². The third-order valence-corrected chi connectivity index (χ3v) is 4.13. The second-order valence-corrected chi connectivity index (χ2v) is 5.99. The highest BCUT2D eigenvalue weighted by atomic mass is 32.2. The summed E-state index contributed by atoms with van der Waals surface area (Å²) >= 11 is 0. The molecule has 0 atom stereocenters. The van der Waals surface area contributed by atoms with E-state index in [4.69, 9.17) is 10.5 Å². The molecule has 0 saturated heterocycles. The number of rotatable bonds is 8. The molecule has 0 amide bonds. The Morgan fingerprint density at radius 1 is 1.20 bits per heavy atom. The molecule has 0 saturated carbocycles. The summed E-state index contributed by atoms with van der Waals surface area (Å²) in [7, 11) is -2.44. The number of sulfonamides is 1. The summed E-state index contributed by atoms with van der Waals surface area (Å²) < 4.78 is 57.3. The van der Waals surface area contributed by atoms with Gasteiger partial charge in [-0.05, 0) is 25.3 Å². The number of halogens is 2. The highest BCUT2D eigenvalue weighted by Crippen LogP contribution is 2.20.